The molecule has 0 saturated carbocycles. The van der Waals surface area contributed by atoms with Gasteiger partial charge in [-0.25, -0.2) is 0 Å². The third-order valence-electron chi connectivity index (χ3n) is 5.45. The molecule has 0 spiro atoms. The van der Waals surface area contributed by atoms with Gasteiger partial charge in [-0.1, -0.05) is 77.5 Å². The highest BCUT2D eigenvalue weighted by Gasteiger charge is 2.15. The highest BCUT2D eigenvalue weighted by molar-refractivity contribution is 5.99. The fourth-order valence-corrected chi connectivity index (χ4v) is 3.95. The number of hydrogen-bond donors (Lipinski definition) is 0. The quantitative estimate of drug-likeness (QED) is 0.384. The van der Waals surface area contributed by atoms with E-state index in [1.807, 2.05) is 12.2 Å². The summed E-state index contributed by atoms with van der Waals surface area (Å²) in [4.78, 5) is 0. The van der Waals surface area contributed by atoms with Crippen molar-refractivity contribution in [3.8, 4) is 0 Å². The molecule has 0 bridgehead atoms. The lowest BCUT2D eigenvalue weighted by atomic mass is 9.84. The van der Waals surface area contributed by atoms with Crippen LogP contribution in [0.1, 0.15) is 87.1 Å². The molecule has 0 amide bonds. The van der Waals surface area contributed by atoms with Crippen molar-refractivity contribution < 1.29 is 0 Å². The van der Waals surface area contributed by atoms with Gasteiger partial charge in [0.15, 0.2) is 0 Å². The Kier molecular flexibility index (Phi) is 8.16. The molecule has 0 fully saturated rings. The van der Waals surface area contributed by atoms with Gasteiger partial charge in [0.25, 0.3) is 0 Å². The third kappa shape index (κ3) is 4.47. The van der Waals surface area contributed by atoms with Crippen LogP contribution in [0.5, 0.6) is 0 Å². The molecule has 0 aliphatic rings. The minimum absolute atomic E-state index is 1.14. The molecule has 2 aromatic rings. The van der Waals surface area contributed by atoms with Crippen molar-refractivity contribution in [1.29, 1.82) is 0 Å². The van der Waals surface area contributed by atoms with Gasteiger partial charge in [0, 0.05) is 0 Å². The summed E-state index contributed by atoms with van der Waals surface area (Å²) in [5.41, 5.74) is 7.09. The van der Waals surface area contributed by atoms with Crippen LogP contribution in [0.4, 0.5) is 0 Å². The van der Waals surface area contributed by atoms with Gasteiger partial charge in [-0.05, 0) is 83.2 Å². The van der Waals surface area contributed by atoms with Crippen molar-refractivity contribution >= 4 is 22.9 Å². The number of fused-ring (bicyclic) bond motifs is 1. The number of rotatable bonds is 11. The van der Waals surface area contributed by atoms with E-state index in [4.69, 9.17) is 0 Å². The van der Waals surface area contributed by atoms with Gasteiger partial charge in [0.05, 0.1) is 0 Å². The van der Waals surface area contributed by atoms with Crippen LogP contribution in [0, 0.1) is 0 Å². The number of aryl methyl sites for hydroxylation is 3. The Morgan fingerprint density at radius 1 is 0.692 bits per heavy atom. The van der Waals surface area contributed by atoms with Crippen LogP contribution >= 0.6 is 0 Å². The molecule has 0 nitrogen and oxygen atoms in total. The molecule has 0 N–H and O–H groups in total. The highest BCUT2D eigenvalue weighted by atomic mass is 14.2. The minimum atomic E-state index is 1.14. The topological polar surface area (TPSA) is 0 Å². The first-order chi connectivity index (χ1) is 12.7. The predicted molar refractivity (Wildman–Crippen MR) is 120 cm³/mol. The average molecular weight is 349 g/mol. The number of unbranched alkanes of at least 4 members (excludes halogenated alkanes) is 3. The van der Waals surface area contributed by atoms with Gasteiger partial charge in [-0.3, -0.25) is 0 Å². The normalized spacial score (nSPS) is 11.0. The van der Waals surface area contributed by atoms with E-state index in [0.717, 1.165) is 19.3 Å². The van der Waals surface area contributed by atoms with Crippen molar-refractivity contribution in [3.63, 3.8) is 0 Å². The first kappa shape index (κ1) is 20.5. The predicted octanol–water partition coefficient (Wildman–Crippen LogP) is 8.15. The van der Waals surface area contributed by atoms with E-state index in [9.17, 15) is 0 Å². The zero-order valence-corrected chi connectivity index (χ0v) is 17.2. The molecule has 0 aromatic heterocycles. The second kappa shape index (κ2) is 10.4. The molecule has 0 heteroatoms. The zero-order valence-electron chi connectivity index (χ0n) is 17.2. The fraction of sp³-hybridized carbons (Fsp3) is 0.462. The summed E-state index contributed by atoms with van der Waals surface area (Å²) in [5, 5.41) is 2.96. The highest BCUT2D eigenvalue weighted by Crippen LogP contribution is 2.35. The summed E-state index contributed by atoms with van der Waals surface area (Å²) in [7, 11) is 0. The van der Waals surface area contributed by atoms with Gasteiger partial charge in [-0.2, -0.15) is 0 Å². The molecule has 26 heavy (non-hydrogen) atoms. The smallest absolute Gasteiger partial charge is 0.00736 e. The molecule has 0 unspecified atom stereocenters. The van der Waals surface area contributed by atoms with Crippen LogP contribution in [0.3, 0.4) is 0 Å². The van der Waals surface area contributed by atoms with Crippen molar-refractivity contribution in [2.24, 2.45) is 0 Å². The Hall–Kier alpha value is -1.82. The summed E-state index contributed by atoms with van der Waals surface area (Å²) in [6.07, 6.45) is 15.0. The van der Waals surface area contributed by atoms with Gasteiger partial charge in [0.1, 0.15) is 0 Å². The van der Waals surface area contributed by atoms with E-state index >= 15 is 0 Å². The van der Waals surface area contributed by atoms with Gasteiger partial charge < -0.3 is 0 Å². The zero-order chi connectivity index (χ0) is 18.9. The van der Waals surface area contributed by atoms with Gasteiger partial charge in [0.2, 0.25) is 0 Å². The Balaban J connectivity index is 2.82. The molecule has 0 radical (unpaired) electrons. The molecular weight excluding hydrogens is 312 g/mol. The largest absolute Gasteiger partial charge is 0.0985 e. The monoisotopic (exact) mass is 348 g/mol. The molecule has 0 saturated heterocycles. The molecule has 2 rings (SSSR count). The number of hydrogen-bond acceptors (Lipinski definition) is 0. The first-order valence-electron chi connectivity index (χ1n) is 10.6. The van der Waals surface area contributed by atoms with E-state index in [-0.39, 0.29) is 0 Å². The maximum absolute atomic E-state index is 4.13. The van der Waals surface area contributed by atoms with Crippen LogP contribution in [0.25, 0.3) is 22.9 Å². The van der Waals surface area contributed by atoms with Gasteiger partial charge in [-0.15, -0.1) is 0 Å². The van der Waals surface area contributed by atoms with Crippen molar-refractivity contribution in [3.05, 3.63) is 59.2 Å². The van der Waals surface area contributed by atoms with E-state index < -0.39 is 0 Å². The van der Waals surface area contributed by atoms with Crippen LogP contribution in [0.2, 0.25) is 0 Å². The summed E-state index contributed by atoms with van der Waals surface area (Å²) in [6, 6.07) is 7.09. The lowest BCUT2D eigenvalue weighted by molar-refractivity contribution is 0.785. The maximum Gasteiger partial charge on any atom is -0.00736 e. The third-order valence-corrected chi connectivity index (χ3v) is 5.45. The lowest BCUT2D eigenvalue weighted by Gasteiger charge is -2.20. The van der Waals surface area contributed by atoms with Crippen molar-refractivity contribution in [2.45, 2.75) is 78.6 Å². The van der Waals surface area contributed by atoms with Crippen LogP contribution < -0.4 is 0 Å². The van der Waals surface area contributed by atoms with E-state index in [1.165, 1.54) is 77.1 Å². The van der Waals surface area contributed by atoms with Crippen molar-refractivity contribution in [2.75, 3.05) is 0 Å². The van der Waals surface area contributed by atoms with Gasteiger partial charge >= 0.3 is 0 Å². The SMILES string of the molecule is C=Cc1cc(C=C)c2c(CCCC)ccc(CCCC)c2c1CCCC. The van der Waals surface area contributed by atoms with E-state index in [1.54, 1.807) is 0 Å². The summed E-state index contributed by atoms with van der Waals surface area (Å²) in [6.45, 7) is 15.1. The van der Waals surface area contributed by atoms with Crippen LogP contribution in [-0.2, 0) is 19.3 Å². The summed E-state index contributed by atoms with van der Waals surface area (Å²) in [5.74, 6) is 0. The second-order valence-electron chi connectivity index (χ2n) is 7.39. The lowest BCUT2D eigenvalue weighted by Crippen LogP contribution is -2.01. The Morgan fingerprint density at radius 3 is 1.69 bits per heavy atom. The second-order valence-corrected chi connectivity index (χ2v) is 7.39. The molecule has 0 aliphatic carbocycles. The van der Waals surface area contributed by atoms with E-state index in [0.29, 0.717) is 0 Å². The standard InChI is InChI=1S/C26H36/c1-6-11-14-22-17-18-23(15-12-7-2)26-24(16-13-8-3)20(9-4)19-21(10-5)25(22)26/h9-10,17-19H,4-8,11-16H2,1-3H3. The summed E-state index contributed by atoms with van der Waals surface area (Å²) < 4.78 is 0. The van der Waals surface area contributed by atoms with Crippen LogP contribution in [0.15, 0.2) is 31.4 Å². The Labute approximate surface area is 161 Å². The molecule has 0 heterocycles. The molecule has 2 aromatic carbocycles. The molecule has 0 atom stereocenters. The average Bonchev–Trinajstić information content (AvgIpc) is 2.68. The van der Waals surface area contributed by atoms with Crippen LogP contribution in [-0.4, -0.2) is 0 Å². The maximum atomic E-state index is 4.13. The number of benzene rings is 2. The minimum Gasteiger partial charge on any atom is -0.0985 e. The van der Waals surface area contributed by atoms with Crippen molar-refractivity contribution in [1.82, 2.24) is 0 Å². The Morgan fingerprint density at radius 2 is 1.19 bits per heavy atom. The summed E-state index contributed by atoms with van der Waals surface area (Å²) >= 11 is 0. The Bertz CT molecular complexity index is 748. The van der Waals surface area contributed by atoms with E-state index in [2.05, 4.69) is 52.1 Å². The fourth-order valence-electron chi connectivity index (χ4n) is 3.95. The molecule has 0 aliphatic heterocycles. The first-order valence-corrected chi connectivity index (χ1v) is 10.6. The molecular formula is C26H36. The molecule has 140 valence electrons.